The van der Waals surface area contributed by atoms with E-state index in [0.29, 0.717) is 0 Å². The van der Waals surface area contributed by atoms with Crippen molar-refractivity contribution in [3.8, 4) is 0 Å². The summed E-state index contributed by atoms with van der Waals surface area (Å²) in [6.07, 6.45) is 3.33. The Morgan fingerprint density at radius 2 is 2.33 bits per heavy atom. The molecule has 0 unspecified atom stereocenters. The average molecular weight is 242 g/mol. The third kappa shape index (κ3) is 2.89. The molecule has 2 rings (SSSR count). The average Bonchev–Trinajstić information content (AvgIpc) is 2.38. The molecule has 0 saturated heterocycles. The van der Waals surface area contributed by atoms with Crippen LogP contribution in [0.25, 0.3) is 10.9 Å². The van der Waals surface area contributed by atoms with Gasteiger partial charge in [-0.3, -0.25) is 9.78 Å². The number of nitrogens with one attached hydrogen (secondary N) is 1. The molecule has 3 N–H and O–H groups in total. The number of aromatic nitrogens is 1. The number of carbonyl (C=O) groups is 1. The summed E-state index contributed by atoms with van der Waals surface area (Å²) in [4.78, 5) is 15.4. The first-order valence-electron chi connectivity index (χ1n) is 5.60. The van der Waals surface area contributed by atoms with Crippen LogP contribution in [0.2, 0.25) is 0 Å². The van der Waals surface area contributed by atoms with E-state index in [2.05, 4.69) is 15.5 Å². The standard InChI is InChI=1S/C13H14N4O/c1-9(14)13(18)17-16-8-10-4-5-12-11(7-10)3-2-6-15-12/h2-9H,14H2,1H3,(H,17,18)/b16-8+/t9-/m0/s1. The molecule has 0 spiro atoms. The zero-order valence-electron chi connectivity index (χ0n) is 10.00. The van der Waals surface area contributed by atoms with Gasteiger partial charge >= 0.3 is 0 Å². The first-order valence-corrected chi connectivity index (χ1v) is 5.60. The van der Waals surface area contributed by atoms with Crippen molar-refractivity contribution >= 4 is 23.0 Å². The molecule has 1 heterocycles. The highest BCUT2D eigenvalue weighted by Crippen LogP contribution is 2.11. The maximum atomic E-state index is 11.2. The summed E-state index contributed by atoms with van der Waals surface area (Å²) in [5, 5.41) is 4.87. The second kappa shape index (κ2) is 5.37. The van der Waals surface area contributed by atoms with Crippen molar-refractivity contribution < 1.29 is 4.79 Å². The lowest BCUT2D eigenvalue weighted by Crippen LogP contribution is -2.35. The molecule has 1 aromatic heterocycles. The first-order chi connectivity index (χ1) is 8.66. The second-order valence-corrected chi connectivity index (χ2v) is 3.98. The van der Waals surface area contributed by atoms with E-state index in [9.17, 15) is 4.79 Å². The maximum absolute atomic E-state index is 11.2. The lowest BCUT2D eigenvalue weighted by Gasteiger charge is -2.02. The van der Waals surface area contributed by atoms with Gasteiger partial charge in [-0.25, -0.2) is 5.43 Å². The molecule has 0 bridgehead atoms. The number of nitrogens with zero attached hydrogens (tertiary/aromatic N) is 2. The zero-order chi connectivity index (χ0) is 13.0. The quantitative estimate of drug-likeness (QED) is 0.623. The molecule has 0 aliphatic heterocycles. The van der Waals surface area contributed by atoms with Crippen molar-refractivity contribution in [1.82, 2.24) is 10.4 Å². The number of fused-ring (bicyclic) bond motifs is 1. The fourth-order valence-corrected chi connectivity index (χ4v) is 1.45. The van der Waals surface area contributed by atoms with Crippen LogP contribution >= 0.6 is 0 Å². The van der Waals surface area contributed by atoms with Crippen LogP contribution < -0.4 is 11.2 Å². The van der Waals surface area contributed by atoms with Crippen LogP contribution in [0.5, 0.6) is 0 Å². The molecule has 2 aromatic rings. The van der Waals surface area contributed by atoms with Crippen molar-refractivity contribution in [2.45, 2.75) is 13.0 Å². The molecule has 0 aliphatic rings. The Morgan fingerprint density at radius 1 is 1.50 bits per heavy atom. The number of benzene rings is 1. The first kappa shape index (κ1) is 12.2. The van der Waals surface area contributed by atoms with E-state index >= 15 is 0 Å². The number of nitrogens with two attached hydrogens (primary N) is 1. The summed E-state index contributed by atoms with van der Waals surface area (Å²) < 4.78 is 0. The Labute approximate surface area is 105 Å². The molecule has 5 nitrogen and oxygen atoms in total. The fourth-order valence-electron chi connectivity index (χ4n) is 1.45. The SMILES string of the molecule is C[C@H](N)C(=O)N/N=C/c1ccc2ncccc2c1. The Kier molecular flexibility index (Phi) is 3.64. The number of rotatable bonds is 3. The van der Waals surface area contributed by atoms with E-state index in [0.717, 1.165) is 16.5 Å². The van der Waals surface area contributed by atoms with Gasteiger partial charge in [0.15, 0.2) is 0 Å². The molecule has 0 saturated carbocycles. The maximum Gasteiger partial charge on any atom is 0.256 e. The largest absolute Gasteiger partial charge is 0.320 e. The molecule has 0 aliphatic carbocycles. The van der Waals surface area contributed by atoms with E-state index in [1.165, 1.54) is 0 Å². The number of pyridine rings is 1. The van der Waals surface area contributed by atoms with Gasteiger partial charge in [0, 0.05) is 11.6 Å². The Bertz CT molecular complexity index is 592. The molecule has 1 amide bonds. The minimum absolute atomic E-state index is 0.311. The highest BCUT2D eigenvalue weighted by molar-refractivity contribution is 5.89. The van der Waals surface area contributed by atoms with Crippen molar-refractivity contribution in [3.63, 3.8) is 0 Å². The second-order valence-electron chi connectivity index (χ2n) is 3.98. The zero-order valence-corrected chi connectivity index (χ0v) is 10.00. The van der Waals surface area contributed by atoms with Gasteiger partial charge in [0.1, 0.15) is 0 Å². The molecule has 0 radical (unpaired) electrons. The van der Waals surface area contributed by atoms with Crippen molar-refractivity contribution in [2.24, 2.45) is 10.8 Å². The number of hydrazone groups is 1. The van der Waals surface area contributed by atoms with Gasteiger partial charge in [-0.05, 0) is 30.7 Å². The molecule has 92 valence electrons. The van der Waals surface area contributed by atoms with Crippen LogP contribution in [-0.2, 0) is 4.79 Å². The van der Waals surface area contributed by atoms with Gasteiger partial charge < -0.3 is 5.73 Å². The summed E-state index contributed by atoms with van der Waals surface area (Å²) in [6.45, 7) is 1.60. The van der Waals surface area contributed by atoms with E-state index in [1.807, 2.05) is 30.3 Å². The van der Waals surface area contributed by atoms with Crippen molar-refractivity contribution in [3.05, 3.63) is 42.1 Å². The van der Waals surface area contributed by atoms with E-state index in [4.69, 9.17) is 5.73 Å². The molecule has 0 fully saturated rings. The van der Waals surface area contributed by atoms with Gasteiger partial charge in [-0.15, -0.1) is 0 Å². The summed E-state index contributed by atoms with van der Waals surface area (Å²) >= 11 is 0. The molecule has 18 heavy (non-hydrogen) atoms. The van der Waals surface area contributed by atoms with Gasteiger partial charge in [-0.2, -0.15) is 5.10 Å². The topological polar surface area (TPSA) is 80.4 Å². The normalized spacial score (nSPS) is 12.8. The van der Waals surface area contributed by atoms with Crippen LogP contribution in [0.4, 0.5) is 0 Å². The predicted molar refractivity (Wildman–Crippen MR) is 71.1 cm³/mol. The van der Waals surface area contributed by atoms with Crippen LogP contribution in [0, 0.1) is 0 Å². The third-order valence-corrected chi connectivity index (χ3v) is 2.43. The van der Waals surface area contributed by atoms with Gasteiger partial charge in [0.25, 0.3) is 5.91 Å². The number of hydrogen-bond donors (Lipinski definition) is 2. The highest BCUT2D eigenvalue weighted by atomic mass is 16.2. The van der Waals surface area contributed by atoms with Crippen molar-refractivity contribution in [1.29, 1.82) is 0 Å². The Hall–Kier alpha value is -2.27. The number of amides is 1. The highest BCUT2D eigenvalue weighted by Gasteiger charge is 2.04. The van der Waals surface area contributed by atoms with Crippen LogP contribution in [-0.4, -0.2) is 23.1 Å². The summed E-state index contributed by atoms with van der Waals surface area (Å²) in [7, 11) is 0. The van der Waals surface area contributed by atoms with Crippen LogP contribution in [0.1, 0.15) is 12.5 Å². The lowest BCUT2D eigenvalue weighted by molar-refractivity contribution is -0.121. The van der Waals surface area contributed by atoms with Crippen LogP contribution in [0.15, 0.2) is 41.6 Å². The summed E-state index contributed by atoms with van der Waals surface area (Å²) in [5.74, 6) is -0.311. The van der Waals surface area contributed by atoms with Crippen LogP contribution in [0.3, 0.4) is 0 Å². The van der Waals surface area contributed by atoms with E-state index in [-0.39, 0.29) is 5.91 Å². The Balaban J connectivity index is 2.12. The lowest BCUT2D eigenvalue weighted by atomic mass is 10.1. The molecular weight excluding hydrogens is 228 g/mol. The monoisotopic (exact) mass is 242 g/mol. The molecule has 5 heteroatoms. The third-order valence-electron chi connectivity index (χ3n) is 2.43. The minimum atomic E-state index is -0.567. The van der Waals surface area contributed by atoms with Gasteiger partial charge in [-0.1, -0.05) is 12.1 Å². The number of carbonyl (C=O) groups excluding carboxylic acids is 1. The molecule has 1 atom stereocenters. The summed E-state index contributed by atoms with van der Waals surface area (Å²) in [5.41, 5.74) is 9.58. The van der Waals surface area contributed by atoms with E-state index < -0.39 is 6.04 Å². The van der Waals surface area contributed by atoms with Gasteiger partial charge in [0.05, 0.1) is 17.8 Å². The van der Waals surface area contributed by atoms with E-state index in [1.54, 1.807) is 19.3 Å². The fraction of sp³-hybridized carbons (Fsp3) is 0.154. The van der Waals surface area contributed by atoms with Gasteiger partial charge in [0.2, 0.25) is 0 Å². The van der Waals surface area contributed by atoms with Crippen molar-refractivity contribution in [2.75, 3.05) is 0 Å². The molecular formula is C13H14N4O. The Morgan fingerprint density at radius 3 is 3.11 bits per heavy atom. The number of hydrogen-bond acceptors (Lipinski definition) is 4. The smallest absolute Gasteiger partial charge is 0.256 e. The summed E-state index contributed by atoms with van der Waals surface area (Å²) in [6, 6.07) is 9.02. The molecule has 1 aromatic carbocycles. The predicted octanol–water partition coefficient (Wildman–Crippen LogP) is 1.03. The minimum Gasteiger partial charge on any atom is -0.320 e.